The van der Waals surface area contributed by atoms with Crippen molar-refractivity contribution < 1.29 is 9.59 Å². The Morgan fingerprint density at radius 3 is 2.52 bits per heavy atom. The van der Waals surface area contributed by atoms with Gasteiger partial charge in [0, 0.05) is 31.3 Å². The summed E-state index contributed by atoms with van der Waals surface area (Å²) in [6, 6.07) is -0.0485. The van der Waals surface area contributed by atoms with Gasteiger partial charge in [-0.3, -0.25) is 9.59 Å². The Balaban J connectivity index is 0.00000264. The molecule has 2 unspecified atom stereocenters. The van der Waals surface area contributed by atoms with Gasteiger partial charge in [0.2, 0.25) is 11.8 Å². The SMILES string of the molecule is CCCCC(=O)N1CSCC1C(=O)N1CCC(C(C)N)CC1.Cl. The van der Waals surface area contributed by atoms with E-state index in [1.807, 2.05) is 11.8 Å². The highest BCUT2D eigenvalue weighted by Gasteiger charge is 2.37. The third-order valence-corrected chi connectivity index (χ3v) is 5.84. The lowest BCUT2D eigenvalue weighted by Gasteiger charge is -2.36. The topological polar surface area (TPSA) is 66.6 Å². The molecule has 0 aromatic carbocycles. The van der Waals surface area contributed by atoms with Gasteiger partial charge >= 0.3 is 0 Å². The average molecular weight is 364 g/mol. The Hall–Kier alpha value is -0.460. The van der Waals surface area contributed by atoms with Gasteiger partial charge in [-0.05, 0) is 32.1 Å². The Labute approximate surface area is 150 Å². The fourth-order valence-electron chi connectivity index (χ4n) is 3.22. The number of unbranched alkanes of at least 4 members (excludes halogenated alkanes) is 1. The van der Waals surface area contributed by atoms with Gasteiger partial charge < -0.3 is 15.5 Å². The first-order valence-electron chi connectivity index (χ1n) is 8.46. The summed E-state index contributed by atoms with van der Waals surface area (Å²) in [6.07, 6.45) is 4.44. The molecule has 0 bridgehead atoms. The van der Waals surface area contributed by atoms with E-state index in [4.69, 9.17) is 5.73 Å². The number of carbonyl (C=O) groups excluding carboxylic acids is 2. The smallest absolute Gasteiger partial charge is 0.246 e. The largest absolute Gasteiger partial charge is 0.341 e. The maximum atomic E-state index is 12.8. The highest BCUT2D eigenvalue weighted by Crippen LogP contribution is 2.26. The maximum Gasteiger partial charge on any atom is 0.246 e. The molecule has 0 aliphatic carbocycles. The summed E-state index contributed by atoms with van der Waals surface area (Å²) in [5.74, 6) is 2.19. The molecule has 23 heavy (non-hydrogen) atoms. The Morgan fingerprint density at radius 2 is 1.96 bits per heavy atom. The van der Waals surface area contributed by atoms with Crippen molar-refractivity contribution in [3.8, 4) is 0 Å². The second-order valence-corrected chi connectivity index (χ2v) is 7.50. The van der Waals surface area contributed by atoms with Crippen molar-refractivity contribution in [1.29, 1.82) is 0 Å². The number of rotatable bonds is 5. The van der Waals surface area contributed by atoms with Crippen LogP contribution in [0.5, 0.6) is 0 Å². The zero-order valence-corrected chi connectivity index (χ0v) is 15.8. The fraction of sp³-hybridized carbons (Fsp3) is 0.875. The second-order valence-electron chi connectivity index (χ2n) is 6.50. The number of halogens is 1. The van der Waals surface area contributed by atoms with E-state index in [-0.39, 0.29) is 36.3 Å². The molecule has 2 rings (SSSR count). The molecule has 2 fully saturated rings. The van der Waals surface area contributed by atoms with Crippen molar-refractivity contribution >= 4 is 36.0 Å². The predicted octanol–water partition coefficient (Wildman–Crippen LogP) is 2.09. The van der Waals surface area contributed by atoms with Crippen molar-refractivity contribution in [2.24, 2.45) is 11.7 Å². The normalized spacial score (nSPS) is 23.5. The zero-order valence-electron chi connectivity index (χ0n) is 14.2. The Kier molecular flexibility index (Phi) is 8.72. The molecule has 2 saturated heterocycles. The molecule has 0 radical (unpaired) electrons. The third-order valence-electron chi connectivity index (χ3n) is 4.83. The number of nitrogens with zero attached hydrogens (tertiary/aromatic N) is 2. The average Bonchev–Trinajstić information content (AvgIpc) is 3.01. The molecular weight excluding hydrogens is 334 g/mol. The van der Waals surface area contributed by atoms with Crippen LogP contribution in [0, 0.1) is 5.92 Å². The quantitative estimate of drug-likeness (QED) is 0.812. The van der Waals surface area contributed by atoms with E-state index in [0.717, 1.165) is 44.5 Å². The van der Waals surface area contributed by atoms with Crippen LogP contribution in [-0.2, 0) is 9.59 Å². The molecule has 2 atom stereocenters. The van der Waals surface area contributed by atoms with Gasteiger partial charge in [0.05, 0.1) is 5.88 Å². The molecule has 0 spiro atoms. The summed E-state index contributed by atoms with van der Waals surface area (Å²) >= 11 is 1.69. The summed E-state index contributed by atoms with van der Waals surface area (Å²) < 4.78 is 0. The van der Waals surface area contributed by atoms with Crippen LogP contribution in [0.4, 0.5) is 0 Å². The first-order valence-corrected chi connectivity index (χ1v) is 9.61. The van der Waals surface area contributed by atoms with Crippen LogP contribution in [0.2, 0.25) is 0 Å². The van der Waals surface area contributed by atoms with Gasteiger partial charge in [-0.2, -0.15) is 0 Å². The lowest BCUT2D eigenvalue weighted by atomic mass is 9.90. The van der Waals surface area contributed by atoms with E-state index in [0.29, 0.717) is 18.2 Å². The van der Waals surface area contributed by atoms with Gasteiger partial charge in [0.1, 0.15) is 6.04 Å². The third kappa shape index (κ3) is 5.26. The van der Waals surface area contributed by atoms with Crippen LogP contribution in [-0.4, -0.2) is 58.4 Å². The van der Waals surface area contributed by atoms with Crippen LogP contribution in [0.15, 0.2) is 0 Å². The maximum absolute atomic E-state index is 12.8. The predicted molar refractivity (Wildman–Crippen MR) is 97.7 cm³/mol. The number of carbonyl (C=O) groups is 2. The molecule has 2 N–H and O–H groups in total. The lowest BCUT2D eigenvalue weighted by Crippen LogP contribution is -2.51. The van der Waals surface area contributed by atoms with Crippen molar-refractivity contribution in [2.45, 2.75) is 58.0 Å². The van der Waals surface area contributed by atoms with Gasteiger partial charge in [0.15, 0.2) is 0 Å². The number of thioether (sulfide) groups is 1. The van der Waals surface area contributed by atoms with E-state index in [1.165, 1.54) is 0 Å². The molecule has 2 aliphatic rings. The van der Waals surface area contributed by atoms with Crippen LogP contribution in [0.3, 0.4) is 0 Å². The van der Waals surface area contributed by atoms with Crippen LogP contribution >= 0.6 is 24.2 Å². The van der Waals surface area contributed by atoms with Gasteiger partial charge in [-0.15, -0.1) is 24.2 Å². The minimum Gasteiger partial charge on any atom is -0.341 e. The number of amides is 2. The summed E-state index contributed by atoms with van der Waals surface area (Å²) in [5, 5.41) is 0. The standard InChI is InChI=1S/C16H29N3O2S.ClH/c1-3-4-5-15(20)19-11-22-10-14(19)16(21)18-8-6-13(7-9-18)12(2)17;/h12-14H,3-11,17H2,1-2H3;1H. The van der Waals surface area contributed by atoms with E-state index in [1.54, 1.807) is 16.7 Å². The zero-order chi connectivity index (χ0) is 16.1. The molecule has 2 amide bonds. The molecular formula is C16H30ClN3O2S. The summed E-state index contributed by atoms with van der Waals surface area (Å²) in [5.41, 5.74) is 5.96. The first-order chi connectivity index (χ1) is 10.5. The van der Waals surface area contributed by atoms with Gasteiger partial charge in [-0.1, -0.05) is 13.3 Å². The first kappa shape index (κ1) is 20.6. The van der Waals surface area contributed by atoms with E-state index >= 15 is 0 Å². The fourth-order valence-corrected chi connectivity index (χ4v) is 4.39. The van der Waals surface area contributed by atoms with Gasteiger partial charge in [-0.25, -0.2) is 0 Å². The van der Waals surface area contributed by atoms with Crippen LogP contribution in [0.25, 0.3) is 0 Å². The summed E-state index contributed by atoms with van der Waals surface area (Å²) in [7, 11) is 0. The number of piperidine rings is 1. The molecule has 2 heterocycles. The van der Waals surface area contributed by atoms with Crippen molar-refractivity contribution in [2.75, 3.05) is 24.7 Å². The molecule has 2 aliphatic heterocycles. The minimum atomic E-state index is -0.249. The van der Waals surface area contributed by atoms with E-state index in [9.17, 15) is 9.59 Å². The number of hydrogen-bond donors (Lipinski definition) is 1. The van der Waals surface area contributed by atoms with Crippen molar-refractivity contribution in [3.05, 3.63) is 0 Å². The number of hydrogen-bond acceptors (Lipinski definition) is 4. The summed E-state index contributed by atoms with van der Waals surface area (Å²) in [4.78, 5) is 28.8. The van der Waals surface area contributed by atoms with Gasteiger partial charge in [0.25, 0.3) is 0 Å². The molecule has 0 aromatic rings. The number of likely N-dealkylation sites (tertiary alicyclic amines) is 1. The summed E-state index contributed by atoms with van der Waals surface area (Å²) in [6.45, 7) is 5.69. The van der Waals surface area contributed by atoms with E-state index < -0.39 is 0 Å². The Bertz CT molecular complexity index is 401. The number of nitrogens with two attached hydrogens (primary N) is 1. The highest BCUT2D eigenvalue weighted by atomic mass is 35.5. The van der Waals surface area contributed by atoms with Crippen LogP contribution in [0.1, 0.15) is 46.0 Å². The highest BCUT2D eigenvalue weighted by molar-refractivity contribution is 7.99. The lowest BCUT2D eigenvalue weighted by molar-refractivity contribution is -0.144. The van der Waals surface area contributed by atoms with E-state index in [2.05, 4.69) is 6.92 Å². The van der Waals surface area contributed by atoms with Crippen LogP contribution < -0.4 is 5.73 Å². The van der Waals surface area contributed by atoms with Crippen molar-refractivity contribution in [3.63, 3.8) is 0 Å². The molecule has 0 aromatic heterocycles. The van der Waals surface area contributed by atoms with Crippen molar-refractivity contribution in [1.82, 2.24) is 9.80 Å². The second kappa shape index (κ2) is 9.74. The molecule has 0 saturated carbocycles. The monoisotopic (exact) mass is 363 g/mol. The Morgan fingerprint density at radius 1 is 1.30 bits per heavy atom. The molecule has 134 valence electrons. The molecule has 7 heteroatoms. The minimum absolute atomic E-state index is 0. The molecule has 5 nitrogen and oxygen atoms in total.